The number of rotatable bonds is 11. The van der Waals surface area contributed by atoms with E-state index in [1.165, 1.54) is 0 Å². The lowest BCUT2D eigenvalue weighted by molar-refractivity contribution is 0.180. The summed E-state index contributed by atoms with van der Waals surface area (Å²) in [6.07, 6.45) is 13.2. The predicted molar refractivity (Wildman–Crippen MR) is 106 cm³/mol. The fourth-order valence-corrected chi connectivity index (χ4v) is 5.13. The SMILES string of the molecule is C=CCCCCC=C=C[C@@H](O)[C@](C#CC)(CCC=C)[Si](C)(C)C. The first-order valence-electron chi connectivity index (χ1n) is 8.60. The second-order valence-corrected chi connectivity index (χ2v) is 12.4. The lowest BCUT2D eigenvalue weighted by Crippen LogP contribution is -2.46. The molecule has 0 saturated heterocycles. The summed E-state index contributed by atoms with van der Waals surface area (Å²) in [5.74, 6) is 6.41. The predicted octanol–water partition coefficient (Wildman–Crippen LogP) is 5.87. The molecule has 0 unspecified atom stereocenters. The number of allylic oxidation sites excluding steroid dienone is 2. The van der Waals surface area contributed by atoms with Gasteiger partial charge in [-0.3, -0.25) is 0 Å². The molecule has 0 aromatic carbocycles. The molecule has 0 aromatic heterocycles. The molecular formula is C21H34OSi. The van der Waals surface area contributed by atoms with Crippen LogP contribution in [0.3, 0.4) is 0 Å². The first kappa shape index (κ1) is 21.7. The second kappa shape index (κ2) is 11.3. The summed E-state index contributed by atoms with van der Waals surface area (Å²) in [4.78, 5) is 0. The lowest BCUT2D eigenvalue weighted by Gasteiger charge is -2.42. The fourth-order valence-electron chi connectivity index (χ4n) is 2.76. The smallest absolute Gasteiger partial charge is 0.0933 e. The van der Waals surface area contributed by atoms with Gasteiger partial charge in [0, 0.05) is 0 Å². The molecule has 0 amide bonds. The van der Waals surface area contributed by atoms with Gasteiger partial charge in [-0.1, -0.05) is 37.7 Å². The normalized spacial score (nSPS) is 14.5. The maximum Gasteiger partial charge on any atom is 0.0933 e. The molecule has 0 fully saturated rings. The van der Waals surface area contributed by atoms with E-state index in [1.807, 2.05) is 25.2 Å². The van der Waals surface area contributed by atoms with Gasteiger partial charge in [-0.05, 0) is 57.6 Å². The van der Waals surface area contributed by atoms with Gasteiger partial charge in [0.05, 0.1) is 19.2 Å². The van der Waals surface area contributed by atoms with Crippen LogP contribution in [0.25, 0.3) is 0 Å². The van der Waals surface area contributed by atoms with Gasteiger partial charge in [0.1, 0.15) is 0 Å². The third-order valence-corrected chi connectivity index (χ3v) is 7.66. The first-order chi connectivity index (χ1) is 10.9. The highest BCUT2D eigenvalue weighted by atomic mass is 28.3. The minimum absolute atomic E-state index is 0.348. The van der Waals surface area contributed by atoms with Crippen molar-refractivity contribution in [1.82, 2.24) is 0 Å². The summed E-state index contributed by atoms with van der Waals surface area (Å²) in [6, 6.07) is 0. The van der Waals surface area contributed by atoms with Crippen molar-refractivity contribution in [2.45, 2.75) is 76.2 Å². The van der Waals surface area contributed by atoms with Crippen LogP contribution in [0, 0.1) is 11.8 Å². The standard InChI is InChI=1S/C21H34OSi/c1-7-10-12-13-14-15-16-17-20(22)21(18-9-3,19-11-8-2)23(4,5)6/h7-8,15,17,20,22H,1-2,10-14,19H2,3-6H3/t16?,20-,21+/m1/s1. The van der Waals surface area contributed by atoms with Crippen LogP contribution in [-0.4, -0.2) is 19.3 Å². The van der Waals surface area contributed by atoms with Crippen LogP contribution in [-0.2, 0) is 0 Å². The summed E-state index contributed by atoms with van der Waals surface area (Å²) in [6.45, 7) is 16.2. The van der Waals surface area contributed by atoms with Crippen LogP contribution >= 0.6 is 0 Å². The molecule has 0 rings (SSSR count). The van der Waals surface area contributed by atoms with E-state index in [4.69, 9.17) is 0 Å². The molecule has 0 spiro atoms. The molecule has 0 aliphatic heterocycles. The van der Waals surface area contributed by atoms with E-state index in [9.17, 15) is 5.11 Å². The molecule has 1 nitrogen and oxygen atoms in total. The van der Waals surface area contributed by atoms with Crippen LogP contribution in [0.15, 0.2) is 43.2 Å². The number of aliphatic hydroxyl groups is 1. The molecule has 0 aromatic rings. The van der Waals surface area contributed by atoms with Crippen LogP contribution in [0.5, 0.6) is 0 Å². The van der Waals surface area contributed by atoms with Crippen molar-refractivity contribution < 1.29 is 5.11 Å². The summed E-state index contributed by atoms with van der Waals surface area (Å²) < 4.78 is 0. The molecule has 0 saturated carbocycles. The van der Waals surface area contributed by atoms with E-state index >= 15 is 0 Å². The highest BCUT2D eigenvalue weighted by molar-refractivity contribution is 6.80. The minimum Gasteiger partial charge on any atom is -0.387 e. The first-order valence-corrected chi connectivity index (χ1v) is 12.1. The summed E-state index contributed by atoms with van der Waals surface area (Å²) >= 11 is 0. The molecule has 0 aliphatic rings. The van der Waals surface area contributed by atoms with Gasteiger partial charge in [-0.15, -0.1) is 24.8 Å². The zero-order chi connectivity index (χ0) is 17.8. The van der Waals surface area contributed by atoms with Crippen molar-refractivity contribution in [2.24, 2.45) is 0 Å². The molecule has 0 heterocycles. The average Bonchev–Trinajstić information content (AvgIpc) is 2.49. The van der Waals surface area contributed by atoms with Gasteiger partial charge in [-0.2, -0.15) is 0 Å². The average molecular weight is 331 g/mol. The maximum atomic E-state index is 10.8. The van der Waals surface area contributed by atoms with E-state index in [2.05, 4.69) is 50.4 Å². The number of aliphatic hydroxyl groups excluding tert-OH is 1. The van der Waals surface area contributed by atoms with Crippen LogP contribution in [0.1, 0.15) is 45.4 Å². The number of hydrogen-bond acceptors (Lipinski definition) is 1. The molecule has 128 valence electrons. The van der Waals surface area contributed by atoms with Gasteiger partial charge >= 0.3 is 0 Å². The topological polar surface area (TPSA) is 20.2 Å². The van der Waals surface area contributed by atoms with Gasteiger partial charge < -0.3 is 5.11 Å². The molecule has 0 aliphatic carbocycles. The number of unbranched alkanes of at least 4 members (excludes halogenated alkanes) is 3. The maximum absolute atomic E-state index is 10.8. The highest BCUT2D eigenvalue weighted by Crippen LogP contribution is 2.46. The lowest BCUT2D eigenvalue weighted by atomic mass is 9.95. The van der Waals surface area contributed by atoms with Crippen LogP contribution < -0.4 is 0 Å². The highest BCUT2D eigenvalue weighted by Gasteiger charge is 2.46. The van der Waals surface area contributed by atoms with Crippen molar-refractivity contribution >= 4 is 8.07 Å². The Morgan fingerprint density at radius 1 is 1.09 bits per heavy atom. The Morgan fingerprint density at radius 2 is 1.70 bits per heavy atom. The molecule has 2 heteroatoms. The number of hydrogen-bond donors (Lipinski definition) is 1. The minimum atomic E-state index is -1.71. The van der Waals surface area contributed by atoms with Crippen molar-refractivity contribution in [3.63, 3.8) is 0 Å². The van der Waals surface area contributed by atoms with Crippen LogP contribution in [0.2, 0.25) is 24.7 Å². The summed E-state index contributed by atoms with van der Waals surface area (Å²) in [7, 11) is -1.71. The Bertz CT molecular complexity index is 480. The summed E-state index contributed by atoms with van der Waals surface area (Å²) in [5.41, 5.74) is 3.18. The van der Waals surface area contributed by atoms with Crippen molar-refractivity contribution in [3.8, 4) is 11.8 Å². The van der Waals surface area contributed by atoms with Gasteiger partial charge in [0.2, 0.25) is 0 Å². The molecule has 23 heavy (non-hydrogen) atoms. The Kier molecular flexibility index (Phi) is 10.7. The van der Waals surface area contributed by atoms with Gasteiger partial charge in [-0.25, -0.2) is 0 Å². The van der Waals surface area contributed by atoms with E-state index in [1.54, 1.807) is 6.08 Å². The monoisotopic (exact) mass is 330 g/mol. The summed E-state index contributed by atoms with van der Waals surface area (Å²) in [5, 5.41) is 10.5. The molecule has 2 atom stereocenters. The second-order valence-electron chi connectivity index (χ2n) is 6.98. The van der Waals surface area contributed by atoms with E-state index in [0.717, 1.165) is 38.5 Å². The molecule has 0 bridgehead atoms. The third kappa shape index (κ3) is 7.23. The van der Waals surface area contributed by atoms with E-state index < -0.39 is 14.2 Å². The third-order valence-electron chi connectivity index (χ3n) is 4.31. The molecular weight excluding hydrogens is 296 g/mol. The van der Waals surface area contributed by atoms with Gasteiger partial charge in [0.15, 0.2) is 0 Å². The largest absolute Gasteiger partial charge is 0.387 e. The van der Waals surface area contributed by atoms with Crippen molar-refractivity contribution in [3.05, 3.63) is 43.2 Å². The fraction of sp³-hybridized carbons (Fsp3) is 0.571. The van der Waals surface area contributed by atoms with Crippen molar-refractivity contribution in [2.75, 3.05) is 0 Å². The molecule has 0 radical (unpaired) electrons. The Balaban J connectivity index is 5.14. The van der Waals surface area contributed by atoms with E-state index in [0.29, 0.717) is 0 Å². The van der Waals surface area contributed by atoms with Gasteiger partial charge in [0.25, 0.3) is 0 Å². The quantitative estimate of drug-likeness (QED) is 0.165. The zero-order valence-electron chi connectivity index (χ0n) is 15.5. The van der Waals surface area contributed by atoms with E-state index in [-0.39, 0.29) is 5.04 Å². The Labute approximate surface area is 144 Å². The Hall–Kier alpha value is -1.26. The van der Waals surface area contributed by atoms with Crippen LogP contribution in [0.4, 0.5) is 0 Å². The van der Waals surface area contributed by atoms with Crippen molar-refractivity contribution in [1.29, 1.82) is 0 Å². The zero-order valence-corrected chi connectivity index (χ0v) is 16.5. The molecule has 1 N–H and O–H groups in total. The Morgan fingerprint density at radius 3 is 2.22 bits per heavy atom.